The van der Waals surface area contributed by atoms with Crippen LogP contribution in [0.4, 0.5) is 5.82 Å². The number of nitrogens with two attached hydrogens (primary N) is 1. The lowest BCUT2D eigenvalue weighted by atomic mass is 10.1. The quantitative estimate of drug-likeness (QED) is 0.246. The van der Waals surface area contributed by atoms with Gasteiger partial charge in [0.05, 0.1) is 24.0 Å². The number of amides is 1. The molecule has 5 rings (SSSR count). The number of aryl methyl sites for hydroxylation is 2. The van der Waals surface area contributed by atoms with Crippen LogP contribution in [-0.4, -0.2) is 67.5 Å². The van der Waals surface area contributed by atoms with Crippen LogP contribution in [0.15, 0.2) is 48.5 Å². The second-order valence-electron chi connectivity index (χ2n) is 11.0. The van der Waals surface area contributed by atoms with E-state index < -0.39 is 5.97 Å². The van der Waals surface area contributed by atoms with E-state index in [4.69, 9.17) is 10.7 Å². The Hall–Kier alpha value is -3.98. The summed E-state index contributed by atoms with van der Waals surface area (Å²) in [6.45, 7) is 6.24. The Morgan fingerprint density at radius 3 is 2.59 bits per heavy atom. The molecular weight excluding hydrogens is 516 g/mol. The van der Waals surface area contributed by atoms with Crippen LogP contribution in [0.25, 0.3) is 21.9 Å². The predicted octanol–water partition coefficient (Wildman–Crippen LogP) is 4.65. The number of fused-ring (bicyclic) bond motifs is 3. The number of aliphatic carboxylic acids is 1. The zero-order valence-electron chi connectivity index (χ0n) is 23.9. The minimum Gasteiger partial charge on any atom is -0.481 e. The summed E-state index contributed by atoms with van der Waals surface area (Å²) in [5.74, 6) is 0.692. The zero-order valence-corrected chi connectivity index (χ0v) is 23.9. The van der Waals surface area contributed by atoms with Gasteiger partial charge in [-0.2, -0.15) is 0 Å². The summed E-state index contributed by atoms with van der Waals surface area (Å²) in [6.07, 6.45) is 5.93. The summed E-state index contributed by atoms with van der Waals surface area (Å²) in [5.41, 5.74) is 10.7. The Bertz CT molecular complexity index is 1520. The van der Waals surface area contributed by atoms with Gasteiger partial charge in [0.2, 0.25) is 5.91 Å². The van der Waals surface area contributed by atoms with Gasteiger partial charge in [-0.15, -0.1) is 0 Å². The largest absolute Gasteiger partial charge is 0.481 e. The van der Waals surface area contributed by atoms with Gasteiger partial charge in [0.25, 0.3) is 0 Å². The van der Waals surface area contributed by atoms with Crippen molar-refractivity contribution in [3.05, 3.63) is 65.5 Å². The fourth-order valence-electron chi connectivity index (χ4n) is 5.85. The van der Waals surface area contributed by atoms with E-state index >= 15 is 0 Å². The summed E-state index contributed by atoms with van der Waals surface area (Å²) in [6, 6.07) is 15.6. The minimum atomic E-state index is -0.862. The molecule has 2 aromatic carbocycles. The molecule has 41 heavy (non-hydrogen) atoms. The molecule has 1 aliphatic rings. The molecule has 2 aromatic heterocycles. The molecule has 1 saturated heterocycles. The van der Waals surface area contributed by atoms with E-state index in [2.05, 4.69) is 27.4 Å². The number of imidazole rings is 1. The number of likely N-dealkylation sites (tertiary alicyclic amines) is 1. The van der Waals surface area contributed by atoms with Gasteiger partial charge in [-0.05, 0) is 56.0 Å². The first-order valence-corrected chi connectivity index (χ1v) is 14.8. The Labute approximate surface area is 241 Å². The highest BCUT2D eigenvalue weighted by Gasteiger charge is 2.22. The molecule has 0 aliphatic carbocycles. The topological polar surface area (TPSA) is 118 Å². The van der Waals surface area contributed by atoms with Gasteiger partial charge in [-0.25, -0.2) is 9.97 Å². The van der Waals surface area contributed by atoms with Crippen LogP contribution in [0, 0.1) is 0 Å². The van der Waals surface area contributed by atoms with Gasteiger partial charge < -0.3 is 20.3 Å². The van der Waals surface area contributed by atoms with E-state index in [1.54, 1.807) is 0 Å². The molecule has 0 spiro atoms. The number of carbonyl (C=O) groups is 2. The zero-order chi connectivity index (χ0) is 28.8. The number of nitrogens with zero attached hydrogens (tertiary/aromatic N) is 5. The number of nitrogen functional groups attached to an aromatic ring is 1. The van der Waals surface area contributed by atoms with Gasteiger partial charge >= 0.3 is 5.97 Å². The number of hydrogen-bond donors (Lipinski definition) is 2. The Balaban J connectivity index is 1.40. The van der Waals surface area contributed by atoms with E-state index in [0.29, 0.717) is 32.0 Å². The van der Waals surface area contributed by atoms with Crippen LogP contribution in [0.3, 0.4) is 0 Å². The number of aromatic nitrogens is 3. The van der Waals surface area contributed by atoms with E-state index in [1.807, 2.05) is 47.4 Å². The van der Waals surface area contributed by atoms with Crippen molar-refractivity contribution in [3.8, 4) is 0 Å². The number of rotatable bonds is 13. The second kappa shape index (κ2) is 13.1. The van der Waals surface area contributed by atoms with Crippen LogP contribution >= 0.6 is 0 Å². The van der Waals surface area contributed by atoms with Crippen molar-refractivity contribution >= 4 is 39.6 Å². The normalized spacial score (nSPS) is 13.8. The number of pyridine rings is 1. The molecule has 0 saturated carbocycles. The highest BCUT2D eigenvalue weighted by molar-refractivity contribution is 6.06. The average Bonchev–Trinajstić information content (AvgIpc) is 3.59. The number of carbonyl (C=O) groups excluding carboxylic acids is 1. The molecule has 0 bridgehead atoms. The molecule has 9 nitrogen and oxygen atoms in total. The molecule has 0 atom stereocenters. The van der Waals surface area contributed by atoms with Gasteiger partial charge in [0, 0.05) is 31.4 Å². The monoisotopic (exact) mass is 556 g/mol. The number of para-hydroxylation sites is 1. The highest BCUT2D eigenvalue weighted by atomic mass is 16.4. The van der Waals surface area contributed by atoms with Crippen LogP contribution < -0.4 is 5.73 Å². The smallest absolute Gasteiger partial charge is 0.307 e. The molecule has 9 heteroatoms. The Morgan fingerprint density at radius 1 is 1.02 bits per heavy atom. The van der Waals surface area contributed by atoms with Crippen molar-refractivity contribution in [2.45, 2.75) is 65.0 Å². The Kier molecular flexibility index (Phi) is 9.14. The number of benzene rings is 2. The van der Waals surface area contributed by atoms with Crippen molar-refractivity contribution in [1.82, 2.24) is 24.3 Å². The van der Waals surface area contributed by atoms with Crippen molar-refractivity contribution < 1.29 is 14.7 Å². The first-order valence-electron chi connectivity index (χ1n) is 14.8. The molecule has 3 heterocycles. The Morgan fingerprint density at radius 2 is 1.80 bits per heavy atom. The van der Waals surface area contributed by atoms with E-state index in [-0.39, 0.29) is 12.3 Å². The number of hydrogen-bond acceptors (Lipinski definition) is 6. The lowest BCUT2D eigenvalue weighted by Crippen LogP contribution is -2.39. The maximum atomic E-state index is 13.5. The highest BCUT2D eigenvalue weighted by Crippen LogP contribution is 2.29. The molecule has 216 valence electrons. The fraction of sp³-hybridized carbons (Fsp3) is 0.438. The van der Waals surface area contributed by atoms with E-state index in [0.717, 1.165) is 90.5 Å². The van der Waals surface area contributed by atoms with Crippen molar-refractivity contribution in [3.63, 3.8) is 0 Å². The lowest BCUT2D eigenvalue weighted by Gasteiger charge is -2.26. The van der Waals surface area contributed by atoms with Crippen molar-refractivity contribution in [1.29, 1.82) is 0 Å². The molecule has 0 radical (unpaired) electrons. The number of carboxylic acids is 1. The molecule has 0 unspecified atom stereocenters. The van der Waals surface area contributed by atoms with Crippen molar-refractivity contribution in [2.24, 2.45) is 0 Å². The van der Waals surface area contributed by atoms with Crippen LogP contribution in [0.2, 0.25) is 0 Å². The van der Waals surface area contributed by atoms with Crippen molar-refractivity contribution in [2.75, 3.05) is 31.9 Å². The fourth-order valence-corrected chi connectivity index (χ4v) is 5.85. The number of carboxylic acid groups (broad SMARTS) is 1. The predicted molar refractivity (Wildman–Crippen MR) is 162 cm³/mol. The average molecular weight is 557 g/mol. The van der Waals surface area contributed by atoms with Crippen LogP contribution in [0.5, 0.6) is 0 Å². The third-order valence-electron chi connectivity index (χ3n) is 7.88. The number of anilines is 1. The van der Waals surface area contributed by atoms with Gasteiger partial charge in [0.1, 0.15) is 11.3 Å². The maximum absolute atomic E-state index is 13.5. The summed E-state index contributed by atoms with van der Waals surface area (Å²) in [7, 11) is 0. The minimum absolute atomic E-state index is 0.0320. The van der Waals surface area contributed by atoms with Crippen LogP contribution in [0.1, 0.15) is 56.0 Å². The summed E-state index contributed by atoms with van der Waals surface area (Å²) >= 11 is 0. The third kappa shape index (κ3) is 6.85. The first-order chi connectivity index (χ1) is 19.9. The summed E-state index contributed by atoms with van der Waals surface area (Å²) in [4.78, 5) is 38.5. The molecule has 3 N–H and O–H groups in total. The van der Waals surface area contributed by atoms with E-state index in [9.17, 15) is 14.7 Å². The maximum Gasteiger partial charge on any atom is 0.307 e. The summed E-state index contributed by atoms with van der Waals surface area (Å²) < 4.78 is 2.28. The van der Waals surface area contributed by atoms with Gasteiger partial charge in [0.15, 0.2) is 5.82 Å². The molecule has 1 amide bonds. The lowest BCUT2D eigenvalue weighted by molar-refractivity contribution is -0.136. The third-order valence-corrected chi connectivity index (χ3v) is 7.88. The van der Waals surface area contributed by atoms with E-state index in [1.165, 1.54) is 0 Å². The first kappa shape index (κ1) is 28.5. The van der Waals surface area contributed by atoms with Gasteiger partial charge in [-0.3, -0.25) is 14.5 Å². The van der Waals surface area contributed by atoms with Gasteiger partial charge in [-0.1, -0.05) is 55.8 Å². The SMILES string of the molecule is CCCCc1nc2c(N)nc3ccccc3c2n1CCCN(Cc1cccc(CC(=O)O)c1)C(=O)CN1CCCC1. The van der Waals surface area contributed by atoms with Crippen LogP contribution in [-0.2, 0) is 35.5 Å². The standard InChI is InChI=1S/C32H40N6O3/c1-2-3-14-27-35-30-31(25-12-4-5-13-26(25)34-32(30)33)38(27)18-9-17-37(28(39)22-36-15-6-7-16-36)21-24-11-8-10-23(19-24)20-29(40)41/h4-5,8,10-13,19H,2-3,6-7,9,14-18,20-22H2,1H3,(H2,33,34)(H,40,41). The summed E-state index contributed by atoms with van der Waals surface area (Å²) in [5, 5.41) is 10.3. The molecule has 1 fully saturated rings. The molecule has 1 aliphatic heterocycles. The second-order valence-corrected chi connectivity index (χ2v) is 11.0. The number of unbranched alkanes of at least 4 members (excludes halogenated alkanes) is 1. The molecule has 4 aromatic rings. The molecular formula is C32H40N6O3.